The first kappa shape index (κ1) is 22.7. The van der Waals surface area contributed by atoms with Gasteiger partial charge in [0.05, 0.1) is 11.8 Å². The van der Waals surface area contributed by atoms with Crippen molar-refractivity contribution in [2.75, 3.05) is 18.1 Å². The SMILES string of the molecule is CC(=O)OCC1=C(C(=O)O)N2C(=O)[C@@H](NC(=O)C(SCC#N)c3ccccc3)[C@H]2SC1. The number of carbonyl (C=O) groups excluding carboxylic acids is 3. The summed E-state index contributed by atoms with van der Waals surface area (Å²) in [7, 11) is 0. The molecule has 2 aliphatic heterocycles. The van der Waals surface area contributed by atoms with Gasteiger partial charge in [0.1, 0.15) is 29.0 Å². The monoisotopic (exact) mass is 461 g/mol. The maximum Gasteiger partial charge on any atom is 0.352 e. The van der Waals surface area contributed by atoms with E-state index in [0.29, 0.717) is 11.1 Å². The summed E-state index contributed by atoms with van der Waals surface area (Å²) in [4.78, 5) is 49.6. The number of esters is 1. The van der Waals surface area contributed by atoms with Gasteiger partial charge in [-0.3, -0.25) is 19.3 Å². The van der Waals surface area contributed by atoms with Crippen molar-refractivity contribution >= 4 is 47.3 Å². The van der Waals surface area contributed by atoms with Crippen molar-refractivity contribution in [1.29, 1.82) is 5.26 Å². The molecule has 0 aliphatic carbocycles. The number of nitrogens with one attached hydrogen (secondary N) is 1. The molecular formula is C20H19N3O6S2. The topological polar surface area (TPSA) is 137 Å². The maximum absolute atomic E-state index is 12.9. The lowest BCUT2D eigenvalue weighted by Gasteiger charge is -2.49. The van der Waals surface area contributed by atoms with E-state index in [1.54, 1.807) is 24.3 Å². The summed E-state index contributed by atoms with van der Waals surface area (Å²) >= 11 is 2.44. The zero-order chi connectivity index (χ0) is 22.5. The fourth-order valence-corrected chi connectivity index (χ4v) is 5.42. The molecule has 162 valence electrons. The van der Waals surface area contributed by atoms with Crippen LogP contribution in [0.5, 0.6) is 0 Å². The summed E-state index contributed by atoms with van der Waals surface area (Å²) in [6.07, 6.45) is 0. The van der Waals surface area contributed by atoms with E-state index >= 15 is 0 Å². The van der Waals surface area contributed by atoms with Crippen LogP contribution < -0.4 is 5.32 Å². The number of amides is 2. The molecule has 1 aromatic rings. The largest absolute Gasteiger partial charge is 0.477 e. The Kier molecular flexibility index (Phi) is 7.25. The highest BCUT2D eigenvalue weighted by Crippen LogP contribution is 2.41. The van der Waals surface area contributed by atoms with Crippen molar-refractivity contribution in [3.05, 3.63) is 47.2 Å². The molecule has 0 saturated carbocycles. The van der Waals surface area contributed by atoms with Crippen molar-refractivity contribution in [1.82, 2.24) is 10.2 Å². The van der Waals surface area contributed by atoms with E-state index in [-0.39, 0.29) is 23.8 Å². The normalized spacial score (nSPS) is 20.8. The highest BCUT2D eigenvalue weighted by molar-refractivity contribution is 8.00. The van der Waals surface area contributed by atoms with Crippen molar-refractivity contribution in [3.8, 4) is 6.07 Å². The molecule has 11 heteroatoms. The number of β-lactam (4-membered cyclic amide) rings is 1. The summed E-state index contributed by atoms with van der Waals surface area (Å²) in [5.41, 5.74) is 0.822. The Hall–Kier alpha value is -2.97. The molecule has 31 heavy (non-hydrogen) atoms. The predicted molar refractivity (Wildman–Crippen MR) is 114 cm³/mol. The Balaban J connectivity index is 1.75. The first-order valence-corrected chi connectivity index (χ1v) is 11.3. The molecule has 2 N–H and O–H groups in total. The first-order chi connectivity index (χ1) is 14.8. The van der Waals surface area contributed by atoms with Crippen LogP contribution in [0.3, 0.4) is 0 Å². The minimum absolute atomic E-state index is 0.0985. The second-order valence-electron chi connectivity index (χ2n) is 6.69. The molecule has 2 amide bonds. The molecule has 9 nitrogen and oxygen atoms in total. The smallest absolute Gasteiger partial charge is 0.352 e. The molecule has 3 atom stereocenters. The quantitative estimate of drug-likeness (QED) is 0.433. The number of hydrogen-bond donors (Lipinski definition) is 2. The lowest BCUT2D eigenvalue weighted by atomic mass is 10.0. The van der Waals surface area contributed by atoms with E-state index in [1.165, 1.54) is 18.7 Å². The third-order valence-corrected chi connectivity index (χ3v) is 7.11. The Morgan fingerprint density at radius 1 is 1.39 bits per heavy atom. The van der Waals surface area contributed by atoms with Crippen LogP contribution >= 0.6 is 23.5 Å². The number of thioether (sulfide) groups is 2. The van der Waals surface area contributed by atoms with E-state index in [9.17, 15) is 24.3 Å². The zero-order valence-electron chi connectivity index (χ0n) is 16.4. The first-order valence-electron chi connectivity index (χ1n) is 9.22. The molecule has 1 aromatic carbocycles. The van der Waals surface area contributed by atoms with Crippen LogP contribution in [0, 0.1) is 11.3 Å². The molecule has 2 aliphatic rings. The van der Waals surface area contributed by atoms with Gasteiger partial charge in [-0.25, -0.2) is 4.79 Å². The van der Waals surface area contributed by atoms with Crippen LogP contribution in [0.25, 0.3) is 0 Å². The van der Waals surface area contributed by atoms with Gasteiger partial charge in [-0.05, 0) is 5.56 Å². The van der Waals surface area contributed by atoms with E-state index in [4.69, 9.17) is 10.00 Å². The molecular weight excluding hydrogens is 442 g/mol. The van der Waals surface area contributed by atoms with Crippen molar-refractivity contribution in [3.63, 3.8) is 0 Å². The Morgan fingerprint density at radius 2 is 2.10 bits per heavy atom. The van der Waals surface area contributed by atoms with Gasteiger partial charge in [-0.1, -0.05) is 30.3 Å². The second kappa shape index (κ2) is 9.89. The van der Waals surface area contributed by atoms with Crippen molar-refractivity contribution < 1.29 is 29.0 Å². The Morgan fingerprint density at radius 3 is 2.71 bits per heavy atom. The molecule has 0 radical (unpaired) electrons. The summed E-state index contributed by atoms with van der Waals surface area (Å²) < 4.78 is 4.90. The number of hydrogen-bond acceptors (Lipinski definition) is 8. The number of carboxylic acids is 1. The lowest BCUT2D eigenvalue weighted by Crippen LogP contribution is -2.70. The van der Waals surface area contributed by atoms with E-state index < -0.39 is 40.4 Å². The fourth-order valence-electron chi connectivity index (χ4n) is 3.28. The second-order valence-corrected chi connectivity index (χ2v) is 8.89. The number of carbonyl (C=O) groups is 4. The molecule has 1 unspecified atom stereocenters. The molecule has 0 spiro atoms. The number of aliphatic carboxylic acids is 1. The maximum atomic E-state index is 12.9. The summed E-state index contributed by atoms with van der Waals surface area (Å²) in [5, 5.41) is 20.0. The number of benzene rings is 1. The molecule has 2 heterocycles. The minimum atomic E-state index is -1.29. The number of nitrogens with zero attached hydrogens (tertiary/aromatic N) is 2. The number of fused-ring (bicyclic) bond motifs is 1. The van der Waals surface area contributed by atoms with Crippen molar-refractivity contribution in [2.45, 2.75) is 23.6 Å². The third kappa shape index (κ3) is 4.86. The van der Waals surface area contributed by atoms with Crippen LogP contribution in [-0.2, 0) is 23.9 Å². The predicted octanol–water partition coefficient (Wildman–Crippen LogP) is 1.29. The molecule has 3 rings (SSSR count). The van der Waals surface area contributed by atoms with Gasteiger partial charge in [-0.15, -0.1) is 23.5 Å². The molecule has 0 bridgehead atoms. The van der Waals surface area contributed by atoms with Gasteiger partial charge in [0, 0.05) is 18.2 Å². The standard InChI is InChI=1S/C20H19N3O6S2/c1-11(24)29-9-13-10-31-19-14(18(26)23(19)15(13)20(27)28)22-17(25)16(30-8-7-21)12-5-3-2-4-6-12/h2-6,14,16,19H,8-10H2,1H3,(H,22,25)(H,27,28)/t14-,16?,19-/m1/s1. The van der Waals surface area contributed by atoms with Gasteiger partial charge < -0.3 is 15.2 Å². The van der Waals surface area contributed by atoms with Gasteiger partial charge in [0.15, 0.2) is 0 Å². The van der Waals surface area contributed by atoms with Crippen LogP contribution in [0.1, 0.15) is 17.7 Å². The van der Waals surface area contributed by atoms with Crippen LogP contribution in [-0.4, -0.2) is 63.3 Å². The number of ether oxygens (including phenoxy) is 1. The van der Waals surface area contributed by atoms with E-state index in [2.05, 4.69) is 5.32 Å². The number of nitriles is 1. The van der Waals surface area contributed by atoms with E-state index in [0.717, 1.165) is 16.7 Å². The number of carboxylic acid groups (broad SMARTS) is 1. The van der Waals surface area contributed by atoms with E-state index in [1.807, 2.05) is 12.1 Å². The molecule has 0 aromatic heterocycles. The van der Waals surface area contributed by atoms with Crippen molar-refractivity contribution in [2.24, 2.45) is 0 Å². The summed E-state index contributed by atoms with van der Waals surface area (Å²) in [6.45, 7) is 1.01. The highest BCUT2D eigenvalue weighted by atomic mass is 32.2. The van der Waals surface area contributed by atoms with Crippen LogP contribution in [0.15, 0.2) is 41.6 Å². The van der Waals surface area contributed by atoms with Crippen LogP contribution in [0.2, 0.25) is 0 Å². The third-order valence-electron chi connectivity index (χ3n) is 4.65. The molecule has 1 fully saturated rings. The highest BCUT2D eigenvalue weighted by Gasteiger charge is 2.54. The lowest BCUT2D eigenvalue weighted by molar-refractivity contribution is -0.151. The van der Waals surface area contributed by atoms with Gasteiger partial charge in [-0.2, -0.15) is 5.26 Å². The van der Waals surface area contributed by atoms with Gasteiger partial charge >= 0.3 is 11.9 Å². The van der Waals surface area contributed by atoms with Crippen LogP contribution in [0.4, 0.5) is 0 Å². The Bertz CT molecular complexity index is 975. The number of rotatable bonds is 8. The summed E-state index contributed by atoms with van der Waals surface area (Å²) in [5.74, 6) is -2.46. The van der Waals surface area contributed by atoms with Gasteiger partial charge in [0.2, 0.25) is 5.91 Å². The minimum Gasteiger partial charge on any atom is -0.477 e. The average Bonchev–Trinajstić information content (AvgIpc) is 2.76. The zero-order valence-corrected chi connectivity index (χ0v) is 18.1. The fraction of sp³-hybridized carbons (Fsp3) is 0.350. The molecule has 1 saturated heterocycles. The average molecular weight is 462 g/mol. The van der Waals surface area contributed by atoms with Gasteiger partial charge in [0.25, 0.3) is 5.91 Å². The summed E-state index contributed by atoms with van der Waals surface area (Å²) in [6, 6.07) is 10.0. The Labute approximate surface area is 186 Å².